The smallest absolute Gasteiger partial charge is 0.265 e. The number of hydrogen-bond donors (Lipinski definition) is 1. The molecule has 176 valence electrons. The summed E-state index contributed by atoms with van der Waals surface area (Å²) in [4.78, 5) is 27.6. The molecule has 0 atom stereocenters. The van der Waals surface area contributed by atoms with E-state index in [9.17, 15) is 13.2 Å². The van der Waals surface area contributed by atoms with Gasteiger partial charge < -0.3 is 9.88 Å². The third-order valence-electron chi connectivity index (χ3n) is 6.16. The van der Waals surface area contributed by atoms with Crippen molar-refractivity contribution in [1.82, 2.24) is 24.2 Å². The van der Waals surface area contributed by atoms with Gasteiger partial charge in [-0.25, -0.2) is 18.4 Å². The number of sulfonamides is 1. The second kappa shape index (κ2) is 8.61. The fourth-order valence-electron chi connectivity index (χ4n) is 4.32. The first-order chi connectivity index (χ1) is 16.3. The van der Waals surface area contributed by atoms with Crippen molar-refractivity contribution in [2.75, 3.05) is 26.2 Å². The van der Waals surface area contributed by atoms with Crippen molar-refractivity contribution >= 4 is 38.3 Å². The Morgan fingerprint density at radius 3 is 2.59 bits per heavy atom. The molecule has 0 radical (unpaired) electrons. The van der Waals surface area contributed by atoms with E-state index in [4.69, 9.17) is 0 Å². The van der Waals surface area contributed by atoms with Crippen LogP contribution in [0, 0.1) is 20.8 Å². The van der Waals surface area contributed by atoms with Gasteiger partial charge in [-0.1, -0.05) is 23.8 Å². The molecule has 1 aromatic carbocycles. The molecule has 3 aromatic heterocycles. The number of aromatic nitrogens is 3. The lowest BCUT2D eigenvalue weighted by Gasteiger charge is -2.33. The van der Waals surface area contributed by atoms with Gasteiger partial charge in [-0.05, 0) is 38.5 Å². The van der Waals surface area contributed by atoms with Gasteiger partial charge in [0.1, 0.15) is 20.4 Å². The molecule has 10 heteroatoms. The van der Waals surface area contributed by atoms with Crippen LogP contribution >= 0.6 is 11.3 Å². The van der Waals surface area contributed by atoms with E-state index in [1.54, 1.807) is 23.2 Å². The minimum atomic E-state index is -3.69. The largest absolute Gasteiger partial charge is 0.345 e. The molecule has 0 spiro atoms. The molecule has 1 saturated heterocycles. The molecule has 4 heterocycles. The number of hydrogen-bond acceptors (Lipinski definition) is 6. The van der Waals surface area contributed by atoms with Gasteiger partial charge in [0.15, 0.2) is 0 Å². The van der Waals surface area contributed by atoms with Crippen LogP contribution in [-0.4, -0.2) is 64.7 Å². The van der Waals surface area contributed by atoms with Crippen LogP contribution in [0.1, 0.15) is 26.5 Å². The number of nitrogens with one attached hydrogen (secondary N) is 1. The molecule has 4 aromatic rings. The van der Waals surface area contributed by atoms with Crippen molar-refractivity contribution < 1.29 is 13.2 Å². The highest BCUT2D eigenvalue weighted by Gasteiger charge is 2.33. The highest BCUT2D eigenvalue weighted by Crippen LogP contribution is 2.32. The fourth-order valence-corrected chi connectivity index (χ4v) is 7.02. The molecule has 8 nitrogen and oxygen atoms in total. The molecular formula is C24H25N5O3S2. The summed E-state index contributed by atoms with van der Waals surface area (Å²) in [6.45, 7) is 7.08. The van der Waals surface area contributed by atoms with Gasteiger partial charge in [0.05, 0.1) is 5.69 Å². The number of nitrogens with zero attached hydrogens (tertiary/aromatic N) is 4. The van der Waals surface area contributed by atoms with Crippen molar-refractivity contribution in [2.45, 2.75) is 25.7 Å². The lowest BCUT2D eigenvalue weighted by molar-refractivity contribution is 0.0702. The number of benzene rings is 1. The molecule has 5 rings (SSSR count). The second-order valence-corrected chi connectivity index (χ2v) is 11.4. The van der Waals surface area contributed by atoms with E-state index in [0.29, 0.717) is 34.7 Å². The predicted molar refractivity (Wildman–Crippen MR) is 133 cm³/mol. The Balaban J connectivity index is 1.32. The van der Waals surface area contributed by atoms with Crippen LogP contribution in [0.25, 0.3) is 21.6 Å². The third kappa shape index (κ3) is 3.91. The number of aryl methyl sites for hydroxylation is 3. The zero-order valence-electron chi connectivity index (χ0n) is 19.2. The quantitative estimate of drug-likeness (QED) is 0.465. The van der Waals surface area contributed by atoms with Gasteiger partial charge in [0.2, 0.25) is 10.0 Å². The van der Waals surface area contributed by atoms with Crippen molar-refractivity contribution in [2.24, 2.45) is 0 Å². The monoisotopic (exact) mass is 495 g/mol. The number of carbonyl (C=O) groups excluding carboxylic acids is 1. The predicted octanol–water partition coefficient (Wildman–Crippen LogP) is 3.76. The maximum Gasteiger partial charge on any atom is 0.265 e. The number of aromatic amines is 1. The van der Waals surface area contributed by atoms with Crippen LogP contribution < -0.4 is 0 Å². The van der Waals surface area contributed by atoms with Crippen LogP contribution in [0.5, 0.6) is 0 Å². The van der Waals surface area contributed by atoms with E-state index in [-0.39, 0.29) is 23.9 Å². The topological polar surface area (TPSA) is 99.3 Å². The summed E-state index contributed by atoms with van der Waals surface area (Å²) in [5.74, 6) is -0.0978. The average Bonchev–Trinajstić information content (AvgIpc) is 3.43. The van der Waals surface area contributed by atoms with E-state index in [1.165, 1.54) is 27.4 Å². The van der Waals surface area contributed by atoms with Gasteiger partial charge in [-0.2, -0.15) is 4.31 Å². The van der Waals surface area contributed by atoms with Crippen LogP contribution in [0.4, 0.5) is 0 Å². The van der Waals surface area contributed by atoms with Crippen molar-refractivity contribution in [3.63, 3.8) is 0 Å². The second-order valence-electron chi connectivity index (χ2n) is 8.50. The number of pyridine rings is 1. The Kier molecular flexibility index (Phi) is 5.75. The summed E-state index contributed by atoms with van der Waals surface area (Å²) in [5.41, 5.74) is 4.57. The molecule has 1 amide bonds. The molecule has 34 heavy (non-hydrogen) atoms. The van der Waals surface area contributed by atoms with Gasteiger partial charge in [-0.3, -0.25) is 4.79 Å². The van der Waals surface area contributed by atoms with Crippen molar-refractivity contribution in [3.8, 4) is 10.6 Å². The minimum absolute atomic E-state index is 0.0978. The van der Waals surface area contributed by atoms with Crippen LogP contribution in [0.3, 0.4) is 0 Å². The lowest BCUT2D eigenvalue weighted by Crippen LogP contribution is -2.50. The third-order valence-corrected chi connectivity index (χ3v) is 9.28. The summed E-state index contributed by atoms with van der Waals surface area (Å²) in [5, 5.41) is 1.40. The van der Waals surface area contributed by atoms with Gasteiger partial charge >= 0.3 is 0 Å². The van der Waals surface area contributed by atoms with E-state index in [0.717, 1.165) is 16.1 Å². The highest BCUT2D eigenvalue weighted by atomic mass is 32.2. The molecule has 0 bridgehead atoms. The molecule has 1 aliphatic heterocycles. The van der Waals surface area contributed by atoms with Crippen molar-refractivity contribution in [1.29, 1.82) is 0 Å². The van der Waals surface area contributed by atoms with E-state index < -0.39 is 10.0 Å². The first-order valence-electron chi connectivity index (χ1n) is 11.0. The Hall–Kier alpha value is -3.08. The zero-order valence-corrected chi connectivity index (χ0v) is 20.8. The first kappa shape index (κ1) is 22.7. The number of H-pyrrole nitrogens is 1. The van der Waals surface area contributed by atoms with E-state index in [2.05, 4.69) is 21.0 Å². The highest BCUT2D eigenvalue weighted by molar-refractivity contribution is 7.89. The van der Waals surface area contributed by atoms with E-state index >= 15 is 0 Å². The fraction of sp³-hybridized carbons (Fsp3) is 0.292. The number of amides is 1. The Bertz CT molecular complexity index is 1500. The maximum atomic E-state index is 13.3. The molecule has 0 aliphatic carbocycles. The van der Waals surface area contributed by atoms with Gasteiger partial charge in [0, 0.05) is 49.5 Å². The Labute approximate surface area is 202 Å². The summed E-state index contributed by atoms with van der Waals surface area (Å²) in [6, 6.07) is 9.66. The summed E-state index contributed by atoms with van der Waals surface area (Å²) >= 11 is 1.39. The molecule has 1 N–H and O–H groups in total. The Morgan fingerprint density at radius 2 is 1.85 bits per heavy atom. The number of piperazine rings is 1. The number of rotatable bonds is 4. The summed E-state index contributed by atoms with van der Waals surface area (Å²) in [7, 11) is -3.69. The van der Waals surface area contributed by atoms with E-state index in [1.807, 2.05) is 32.9 Å². The maximum absolute atomic E-state index is 13.3. The van der Waals surface area contributed by atoms with Crippen molar-refractivity contribution in [3.05, 3.63) is 64.4 Å². The minimum Gasteiger partial charge on any atom is -0.345 e. The SMILES string of the molecule is Cc1ccc(-c2nc(C)c(C(=O)N3CCN(S(=O)(=O)c4c[nH]c5ncccc45)CC3)s2)c(C)c1. The molecule has 1 aliphatic rings. The van der Waals surface area contributed by atoms with Crippen LogP contribution in [0.2, 0.25) is 0 Å². The normalized spacial score (nSPS) is 15.2. The molecule has 0 unspecified atom stereocenters. The van der Waals surface area contributed by atoms with Gasteiger partial charge in [-0.15, -0.1) is 11.3 Å². The number of fused-ring (bicyclic) bond motifs is 1. The van der Waals surface area contributed by atoms with Gasteiger partial charge in [0.25, 0.3) is 5.91 Å². The van der Waals surface area contributed by atoms with Crippen LogP contribution in [-0.2, 0) is 10.0 Å². The summed E-state index contributed by atoms with van der Waals surface area (Å²) < 4.78 is 27.9. The molecule has 1 fully saturated rings. The number of thiazole rings is 1. The van der Waals surface area contributed by atoms with Crippen LogP contribution in [0.15, 0.2) is 47.6 Å². The zero-order chi connectivity index (χ0) is 24.0. The summed E-state index contributed by atoms with van der Waals surface area (Å²) in [6.07, 6.45) is 3.10. The first-order valence-corrected chi connectivity index (χ1v) is 13.3. The Morgan fingerprint density at radius 1 is 1.09 bits per heavy atom. The average molecular weight is 496 g/mol. The molecule has 0 saturated carbocycles. The lowest BCUT2D eigenvalue weighted by atomic mass is 10.1. The number of carbonyl (C=O) groups is 1. The standard InChI is InChI=1S/C24H25N5O3S2/c1-15-6-7-18(16(2)13-15)23-27-17(3)21(33-23)24(30)28-9-11-29(12-10-28)34(31,32)20-14-26-22-19(20)5-4-8-25-22/h4-8,13-14H,9-12H2,1-3H3,(H,25,26). The molecular weight excluding hydrogens is 470 g/mol.